The number of thiazole rings is 1. The summed E-state index contributed by atoms with van der Waals surface area (Å²) in [6, 6.07) is 8.98. The third kappa shape index (κ3) is 3.90. The zero-order chi connectivity index (χ0) is 18.8. The van der Waals surface area contributed by atoms with Crippen LogP contribution >= 0.6 is 11.3 Å². The Morgan fingerprint density at radius 1 is 1.26 bits per heavy atom. The van der Waals surface area contributed by atoms with E-state index in [4.69, 9.17) is 0 Å². The predicted octanol–water partition coefficient (Wildman–Crippen LogP) is 3.96. The quantitative estimate of drug-likeness (QED) is 0.869. The summed E-state index contributed by atoms with van der Waals surface area (Å²) in [6.07, 6.45) is 5.52. The van der Waals surface area contributed by atoms with Crippen molar-refractivity contribution in [3.8, 4) is 0 Å². The fraction of sp³-hybridized carbons (Fsp3) is 0.476. The highest BCUT2D eigenvalue weighted by Crippen LogP contribution is 2.33. The number of hydrogen-bond donors (Lipinski definition) is 1. The molecule has 1 N–H and O–H groups in total. The number of aromatic nitrogens is 1. The maximum atomic E-state index is 13.2. The SMILES string of the molecule is CC1CCc2nc(NC(=O)C(c3ccccc3)N3CCCCC3=O)sc2C1. The molecule has 1 aliphatic carbocycles. The van der Waals surface area contributed by atoms with Crippen LogP contribution in [0.4, 0.5) is 5.13 Å². The second-order valence-corrected chi connectivity index (χ2v) is 8.67. The van der Waals surface area contributed by atoms with Crippen LogP contribution in [0.1, 0.15) is 54.8 Å². The number of benzene rings is 1. The molecule has 6 heteroatoms. The number of amides is 2. The molecule has 1 aromatic heterocycles. The van der Waals surface area contributed by atoms with Gasteiger partial charge in [-0.3, -0.25) is 14.9 Å². The van der Waals surface area contributed by atoms with Crippen LogP contribution < -0.4 is 5.32 Å². The first-order valence-corrected chi connectivity index (χ1v) is 10.6. The van der Waals surface area contributed by atoms with E-state index in [-0.39, 0.29) is 11.8 Å². The highest BCUT2D eigenvalue weighted by Gasteiger charge is 2.33. The second-order valence-electron chi connectivity index (χ2n) is 7.58. The Labute approximate surface area is 163 Å². The number of carbonyl (C=O) groups is 2. The van der Waals surface area contributed by atoms with Crippen molar-refractivity contribution in [3.63, 3.8) is 0 Å². The number of piperidine rings is 1. The number of aryl methyl sites for hydroxylation is 1. The Hall–Kier alpha value is -2.21. The molecule has 0 bridgehead atoms. The molecule has 5 nitrogen and oxygen atoms in total. The first-order chi connectivity index (χ1) is 13.1. The molecule has 4 rings (SSSR count). The largest absolute Gasteiger partial charge is 0.327 e. The van der Waals surface area contributed by atoms with E-state index in [1.165, 1.54) is 4.88 Å². The molecule has 1 fully saturated rings. The van der Waals surface area contributed by atoms with Gasteiger partial charge in [-0.15, -0.1) is 11.3 Å². The topological polar surface area (TPSA) is 62.3 Å². The lowest BCUT2D eigenvalue weighted by Crippen LogP contribution is -2.43. The van der Waals surface area contributed by atoms with E-state index in [2.05, 4.69) is 17.2 Å². The van der Waals surface area contributed by atoms with E-state index in [1.807, 2.05) is 30.3 Å². The average molecular weight is 384 g/mol. The van der Waals surface area contributed by atoms with Crippen molar-refractivity contribution >= 4 is 28.3 Å². The zero-order valence-electron chi connectivity index (χ0n) is 15.6. The molecule has 1 aliphatic heterocycles. The second kappa shape index (κ2) is 7.80. The van der Waals surface area contributed by atoms with E-state index in [1.54, 1.807) is 16.2 Å². The molecule has 27 heavy (non-hydrogen) atoms. The lowest BCUT2D eigenvalue weighted by Gasteiger charge is -2.33. The van der Waals surface area contributed by atoms with E-state index in [0.717, 1.165) is 43.4 Å². The summed E-state index contributed by atoms with van der Waals surface area (Å²) in [5, 5.41) is 3.66. The average Bonchev–Trinajstić information content (AvgIpc) is 3.05. The zero-order valence-corrected chi connectivity index (χ0v) is 16.4. The third-order valence-electron chi connectivity index (χ3n) is 5.45. The molecule has 2 heterocycles. The Morgan fingerprint density at radius 3 is 2.85 bits per heavy atom. The number of nitrogens with one attached hydrogen (secondary N) is 1. The number of rotatable bonds is 4. The van der Waals surface area contributed by atoms with Gasteiger partial charge < -0.3 is 4.90 Å². The van der Waals surface area contributed by atoms with E-state index in [9.17, 15) is 9.59 Å². The lowest BCUT2D eigenvalue weighted by molar-refractivity contribution is -0.141. The molecular formula is C21H25N3O2S. The maximum Gasteiger partial charge on any atom is 0.253 e. The van der Waals surface area contributed by atoms with Gasteiger partial charge in [-0.25, -0.2) is 4.98 Å². The van der Waals surface area contributed by atoms with Crippen LogP contribution in [0.25, 0.3) is 0 Å². The van der Waals surface area contributed by atoms with Crippen LogP contribution in [-0.2, 0) is 22.4 Å². The fourth-order valence-corrected chi connectivity index (χ4v) is 5.15. The first kappa shape index (κ1) is 18.2. The minimum Gasteiger partial charge on any atom is -0.327 e. The number of likely N-dealkylation sites (tertiary alicyclic amines) is 1. The number of nitrogens with zero attached hydrogens (tertiary/aromatic N) is 2. The summed E-state index contributed by atoms with van der Waals surface area (Å²) >= 11 is 1.58. The standard InChI is InChI=1S/C21H25N3O2S/c1-14-10-11-16-17(13-14)27-21(22-16)23-20(26)19(15-7-3-2-4-8-15)24-12-6-5-9-18(24)25/h2-4,7-8,14,19H,5-6,9-13H2,1H3,(H,22,23,26). The van der Waals surface area contributed by atoms with Crippen molar-refractivity contribution in [3.05, 3.63) is 46.5 Å². The number of fused-ring (bicyclic) bond motifs is 1. The Kier molecular flexibility index (Phi) is 5.25. The molecule has 2 amide bonds. The van der Waals surface area contributed by atoms with E-state index in [0.29, 0.717) is 24.0 Å². The molecule has 2 aliphatic rings. The van der Waals surface area contributed by atoms with E-state index >= 15 is 0 Å². The molecule has 1 aromatic carbocycles. The van der Waals surface area contributed by atoms with Crippen LogP contribution in [-0.4, -0.2) is 28.2 Å². The molecule has 142 valence electrons. The smallest absolute Gasteiger partial charge is 0.253 e. The summed E-state index contributed by atoms with van der Waals surface area (Å²) in [7, 11) is 0. The van der Waals surface area contributed by atoms with Crippen molar-refractivity contribution in [2.75, 3.05) is 11.9 Å². The first-order valence-electron chi connectivity index (χ1n) is 9.75. The molecule has 1 saturated heterocycles. The van der Waals surface area contributed by atoms with Crippen LogP contribution in [0.2, 0.25) is 0 Å². The summed E-state index contributed by atoms with van der Waals surface area (Å²) in [5.41, 5.74) is 1.97. The van der Waals surface area contributed by atoms with Crippen molar-refractivity contribution in [2.45, 2.75) is 51.5 Å². The minimum absolute atomic E-state index is 0.0533. The van der Waals surface area contributed by atoms with E-state index < -0.39 is 6.04 Å². The van der Waals surface area contributed by atoms with Crippen LogP contribution in [0.5, 0.6) is 0 Å². The summed E-state index contributed by atoms with van der Waals surface area (Å²) in [6.45, 7) is 2.88. The molecule has 2 unspecified atom stereocenters. The molecule has 2 atom stereocenters. The van der Waals surface area contributed by atoms with Gasteiger partial charge in [0.2, 0.25) is 5.91 Å². The molecule has 2 aromatic rings. The lowest BCUT2D eigenvalue weighted by atomic mass is 9.93. The van der Waals surface area contributed by atoms with Crippen molar-refractivity contribution in [1.29, 1.82) is 0 Å². The van der Waals surface area contributed by atoms with Gasteiger partial charge in [0.1, 0.15) is 6.04 Å². The van der Waals surface area contributed by atoms with Gasteiger partial charge >= 0.3 is 0 Å². The van der Waals surface area contributed by atoms with Gasteiger partial charge in [0.15, 0.2) is 5.13 Å². The van der Waals surface area contributed by atoms with Gasteiger partial charge in [0, 0.05) is 17.8 Å². The fourth-order valence-electron chi connectivity index (χ4n) is 3.97. The molecule has 0 saturated carbocycles. The maximum absolute atomic E-state index is 13.2. The number of hydrogen-bond acceptors (Lipinski definition) is 4. The van der Waals surface area contributed by atoms with Crippen LogP contribution in [0.15, 0.2) is 30.3 Å². The highest BCUT2D eigenvalue weighted by atomic mass is 32.1. The highest BCUT2D eigenvalue weighted by molar-refractivity contribution is 7.15. The Morgan fingerprint density at radius 2 is 2.07 bits per heavy atom. The number of anilines is 1. The van der Waals surface area contributed by atoms with Crippen molar-refractivity contribution < 1.29 is 9.59 Å². The number of carbonyl (C=O) groups excluding carboxylic acids is 2. The van der Waals surface area contributed by atoms with Gasteiger partial charge in [0.25, 0.3) is 5.91 Å². The van der Waals surface area contributed by atoms with Crippen LogP contribution in [0, 0.1) is 5.92 Å². The van der Waals surface area contributed by atoms with Gasteiger partial charge in [-0.2, -0.15) is 0 Å². The van der Waals surface area contributed by atoms with Gasteiger partial charge in [-0.05, 0) is 43.6 Å². The Bertz CT molecular complexity index is 833. The third-order valence-corrected chi connectivity index (χ3v) is 6.49. The Balaban J connectivity index is 1.58. The van der Waals surface area contributed by atoms with Crippen molar-refractivity contribution in [2.24, 2.45) is 5.92 Å². The predicted molar refractivity (Wildman–Crippen MR) is 107 cm³/mol. The normalized spacial score (nSPS) is 20.9. The summed E-state index contributed by atoms with van der Waals surface area (Å²) < 4.78 is 0. The summed E-state index contributed by atoms with van der Waals surface area (Å²) in [4.78, 5) is 33.4. The van der Waals surface area contributed by atoms with Gasteiger partial charge in [0.05, 0.1) is 5.69 Å². The molecule has 0 radical (unpaired) electrons. The molecule has 0 spiro atoms. The van der Waals surface area contributed by atoms with Crippen molar-refractivity contribution in [1.82, 2.24) is 9.88 Å². The molecular weight excluding hydrogens is 358 g/mol. The van der Waals surface area contributed by atoms with Crippen LogP contribution in [0.3, 0.4) is 0 Å². The minimum atomic E-state index is -0.598. The van der Waals surface area contributed by atoms with Gasteiger partial charge in [-0.1, -0.05) is 37.3 Å². The monoisotopic (exact) mass is 383 g/mol. The summed E-state index contributed by atoms with van der Waals surface area (Å²) in [5.74, 6) is 0.553.